The van der Waals surface area contributed by atoms with Crippen LogP contribution in [0.4, 0.5) is 0 Å². The molecule has 2 aromatic carbocycles. The van der Waals surface area contributed by atoms with E-state index in [1.807, 2.05) is 30.3 Å². The van der Waals surface area contributed by atoms with Gasteiger partial charge in [-0.25, -0.2) is 4.98 Å². The first-order chi connectivity index (χ1) is 12.2. The van der Waals surface area contributed by atoms with Gasteiger partial charge >= 0.3 is 0 Å². The van der Waals surface area contributed by atoms with Crippen LogP contribution in [-0.4, -0.2) is 29.1 Å². The van der Waals surface area contributed by atoms with Crippen LogP contribution in [0.1, 0.15) is 24.7 Å². The lowest BCUT2D eigenvalue weighted by Gasteiger charge is -2.10. The fraction of sp³-hybridized carbons (Fsp3) is 0.300. The lowest BCUT2D eigenvalue weighted by atomic mass is 10.2. The number of ether oxygens (including phenoxy) is 1. The summed E-state index contributed by atoms with van der Waals surface area (Å²) in [6, 6.07) is 16.3. The summed E-state index contributed by atoms with van der Waals surface area (Å²) < 4.78 is 7.48. The number of hydrogen-bond acceptors (Lipinski definition) is 3. The zero-order valence-electron chi connectivity index (χ0n) is 14.7. The van der Waals surface area contributed by atoms with Crippen LogP contribution in [0.15, 0.2) is 48.5 Å². The van der Waals surface area contributed by atoms with Crippen molar-refractivity contribution in [1.82, 2.24) is 14.9 Å². The third kappa shape index (κ3) is 4.18. The number of rotatable bonds is 7. The lowest BCUT2D eigenvalue weighted by Crippen LogP contribution is -2.21. The number of nitrogens with one attached hydrogen (secondary N) is 1. The quantitative estimate of drug-likeness (QED) is 0.674. The molecule has 0 saturated carbocycles. The van der Waals surface area contributed by atoms with Gasteiger partial charge in [-0.15, -0.1) is 0 Å². The minimum Gasteiger partial charge on any atom is -0.497 e. The Bertz CT molecular complexity index is 853. The summed E-state index contributed by atoms with van der Waals surface area (Å²) in [5.74, 6) is 1.91. The molecule has 5 nitrogen and oxygen atoms in total. The fourth-order valence-electron chi connectivity index (χ4n) is 2.92. The molecule has 25 heavy (non-hydrogen) atoms. The second-order valence-corrected chi connectivity index (χ2v) is 6.04. The number of carbonyl (C=O) groups is 1. The largest absolute Gasteiger partial charge is 0.497 e. The molecule has 3 aromatic rings. The number of benzene rings is 2. The topological polar surface area (TPSA) is 56.1 Å². The Morgan fingerprint density at radius 1 is 1.16 bits per heavy atom. The maximum atomic E-state index is 11.0. The molecule has 0 aliphatic heterocycles. The Morgan fingerprint density at radius 2 is 1.92 bits per heavy atom. The van der Waals surface area contributed by atoms with E-state index in [-0.39, 0.29) is 5.91 Å². The fourth-order valence-corrected chi connectivity index (χ4v) is 2.92. The molecule has 1 N–H and O–H groups in total. The maximum absolute atomic E-state index is 11.0. The van der Waals surface area contributed by atoms with Gasteiger partial charge in [-0.05, 0) is 36.2 Å². The van der Waals surface area contributed by atoms with Crippen LogP contribution in [0, 0.1) is 0 Å². The van der Waals surface area contributed by atoms with E-state index in [4.69, 9.17) is 9.72 Å². The summed E-state index contributed by atoms with van der Waals surface area (Å²) >= 11 is 0. The van der Waals surface area contributed by atoms with Gasteiger partial charge in [0.15, 0.2) is 0 Å². The number of fused-ring (bicyclic) bond motifs is 1. The average Bonchev–Trinajstić information content (AvgIpc) is 2.97. The first-order valence-corrected chi connectivity index (χ1v) is 8.49. The van der Waals surface area contributed by atoms with Crippen molar-refractivity contribution in [3.05, 3.63) is 59.9 Å². The molecular weight excluding hydrogens is 314 g/mol. The molecular formula is C20H23N3O2. The number of aryl methyl sites for hydroxylation is 1. The van der Waals surface area contributed by atoms with Gasteiger partial charge < -0.3 is 14.6 Å². The predicted molar refractivity (Wildman–Crippen MR) is 98.8 cm³/mol. The van der Waals surface area contributed by atoms with Crippen molar-refractivity contribution in [3.8, 4) is 5.75 Å². The standard InChI is InChI=1S/C20H23N3O2/c1-15(24)21-13-5-8-20-22-18-6-3-4-7-19(18)23(20)14-16-9-11-17(25-2)12-10-16/h3-4,6-7,9-12H,5,8,13-14H2,1-2H3,(H,21,24). The number of para-hydroxylation sites is 2. The molecule has 1 aromatic heterocycles. The van der Waals surface area contributed by atoms with E-state index >= 15 is 0 Å². The van der Waals surface area contributed by atoms with Crippen LogP contribution in [0.5, 0.6) is 5.75 Å². The van der Waals surface area contributed by atoms with Gasteiger partial charge in [0.25, 0.3) is 0 Å². The number of methoxy groups -OCH3 is 1. The minimum atomic E-state index is 0.00624. The highest BCUT2D eigenvalue weighted by Crippen LogP contribution is 2.20. The van der Waals surface area contributed by atoms with E-state index in [0.717, 1.165) is 42.0 Å². The molecule has 0 fully saturated rings. The molecule has 0 radical (unpaired) electrons. The Balaban J connectivity index is 1.83. The Kier molecular flexibility index (Phi) is 5.33. The Hall–Kier alpha value is -2.82. The van der Waals surface area contributed by atoms with Gasteiger partial charge in [0, 0.05) is 26.4 Å². The molecule has 3 rings (SSSR count). The van der Waals surface area contributed by atoms with Crippen molar-refractivity contribution in [2.45, 2.75) is 26.3 Å². The SMILES string of the molecule is COc1ccc(Cn2c(CCCNC(C)=O)nc3ccccc32)cc1. The lowest BCUT2D eigenvalue weighted by molar-refractivity contribution is -0.118. The van der Waals surface area contributed by atoms with Crippen LogP contribution in [0.2, 0.25) is 0 Å². The highest BCUT2D eigenvalue weighted by Gasteiger charge is 2.11. The van der Waals surface area contributed by atoms with E-state index in [1.165, 1.54) is 5.56 Å². The molecule has 130 valence electrons. The smallest absolute Gasteiger partial charge is 0.216 e. The van der Waals surface area contributed by atoms with E-state index in [0.29, 0.717) is 6.54 Å². The Morgan fingerprint density at radius 3 is 2.64 bits per heavy atom. The van der Waals surface area contributed by atoms with Crippen molar-refractivity contribution < 1.29 is 9.53 Å². The van der Waals surface area contributed by atoms with Crippen LogP contribution in [-0.2, 0) is 17.8 Å². The summed E-state index contributed by atoms with van der Waals surface area (Å²) in [4.78, 5) is 15.8. The molecule has 0 bridgehead atoms. The van der Waals surface area contributed by atoms with E-state index in [2.05, 4.69) is 28.1 Å². The number of hydrogen-bond donors (Lipinski definition) is 1. The summed E-state index contributed by atoms with van der Waals surface area (Å²) in [6.07, 6.45) is 1.69. The van der Waals surface area contributed by atoms with Gasteiger partial charge in [-0.3, -0.25) is 4.79 Å². The van der Waals surface area contributed by atoms with E-state index in [9.17, 15) is 4.79 Å². The van der Waals surface area contributed by atoms with Gasteiger partial charge in [-0.2, -0.15) is 0 Å². The first kappa shape index (κ1) is 17.0. The summed E-state index contributed by atoms with van der Waals surface area (Å²) in [7, 11) is 1.67. The second-order valence-electron chi connectivity index (χ2n) is 6.04. The second kappa shape index (κ2) is 7.83. The van der Waals surface area contributed by atoms with E-state index in [1.54, 1.807) is 14.0 Å². The zero-order chi connectivity index (χ0) is 17.6. The molecule has 0 atom stereocenters. The summed E-state index contributed by atoms with van der Waals surface area (Å²) in [5.41, 5.74) is 3.34. The van der Waals surface area contributed by atoms with Crippen LogP contribution < -0.4 is 10.1 Å². The van der Waals surface area contributed by atoms with Crippen LogP contribution in [0.3, 0.4) is 0 Å². The van der Waals surface area contributed by atoms with Gasteiger partial charge in [0.05, 0.1) is 18.1 Å². The molecule has 5 heteroatoms. The van der Waals surface area contributed by atoms with Crippen molar-refractivity contribution in [2.24, 2.45) is 0 Å². The van der Waals surface area contributed by atoms with Crippen molar-refractivity contribution in [2.75, 3.05) is 13.7 Å². The molecule has 0 saturated heterocycles. The number of carbonyl (C=O) groups excluding carboxylic acids is 1. The Labute approximate surface area is 147 Å². The van der Waals surface area contributed by atoms with Crippen LogP contribution >= 0.6 is 0 Å². The minimum absolute atomic E-state index is 0.00624. The third-order valence-corrected chi connectivity index (χ3v) is 4.18. The predicted octanol–water partition coefficient (Wildman–Crippen LogP) is 3.16. The van der Waals surface area contributed by atoms with E-state index < -0.39 is 0 Å². The zero-order valence-corrected chi connectivity index (χ0v) is 14.7. The van der Waals surface area contributed by atoms with Gasteiger partial charge in [-0.1, -0.05) is 24.3 Å². The summed E-state index contributed by atoms with van der Waals surface area (Å²) in [6.45, 7) is 2.97. The van der Waals surface area contributed by atoms with Crippen molar-refractivity contribution in [3.63, 3.8) is 0 Å². The summed E-state index contributed by atoms with van der Waals surface area (Å²) in [5, 5.41) is 2.84. The molecule has 0 unspecified atom stereocenters. The normalized spacial score (nSPS) is 10.8. The number of nitrogens with zero attached hydrogens (tertiary/aromatic N) is 2. The molecule has 0 aliphatic carbocycles. The maximum Gasteiger partial charge on any atom is 0.216 e. The average molecular weight is 337 g/mol. The van der Waals surface area contributed by atoms with Crippen LogP contribution in [0.25, 0.3) is 11.0 Å². The first-order valence-electron chi connectivity index (χ1n) is 8.49. The molecule has 1 heterocycles. The molecule has 0 aliphatic rings. The van der Waals surface area contributed by atoms with Crippen molar-refractivity contribution in [1.29, 1.82) is 0 Å². The molecule has 0 spiro atoms. The molecule has 1 amide bonds. The highest BCUT2D eigenvalue weighted by atomic mass is 16.5. The highest BCUT2D eigenvalue weighted by molar-refractivity contribution is 5.76. The van der Waals surface area contributed by atoms with Gasteiger partial charge in [0.1, 0.15) is 11.6 Å². The monoisotopic (exact) mass is 337 g/mol. The van der Waals surface area contributed by atoms with Crippen molar-refractivity contribution >= 4 is 16.9 Å². The third-order valence-electron chi connectivity index (χ3n) is 4.18. The number of imidazole rings is 1. The number of amides is 1. The number of aromatic nitrogens is 2. The van der Waals surface area contributed by atoms with Gasteiger partial charge in [0.2, 0.25) is 5.91 Å².